The van der Waals surface area contributed by atoms with E-state index in [0.29, 0.717) is 12.0 Å². The van der Waals surface area contributed by atoms with Gasteiger partial charge in [-0.05, 0) is 19.3 Å². The van der Waals surface area contributed by atoms with Crippen molar-refractivity contribution in [2.45, 2.75) is 44.2 Å². The number of nitrogens with one attached hydrogen (secondary N) is 2. The molecule has 5 nitrogen and oxygen atoms in total. The van der Waals surface area contributed by atoms with E-state index in [4.69, 9.17) is 4.74 Å². The number of rotatable bonds is 2. The van der Waals surface area contributed by atoms with Gasteiger partial charge < -0.3 is 10.1 Å². The normalized spacial score (nSPS) is 37.6. The Morgan fingerprint density at radius 2 is 2.18 bits per heavy atom. The molecule has 0 aromatic heterocycles. The molecule has 0 aromatic rings. The fourth-order valence-electron chi connectivity index (χ4n) is 4.17. The monoisotopic (exact) mass is 240 g/mol. The van der Waals surface area contributed by atoms with Crippen molar-refractivity contribution < 1.29 is 14.4 Å². The van der Waals surface area contributed by atoms with Gasteiger partial charge in [0.2, 0.25) is 0 Å². The van der Waals surface area contributed by atoms with Crippen LogP contribution in [0.5, 0.6) is 0 Å². The SMILES string of the molecule is CONC(=O)NC1C2CCOC2C12CCCC2. The first kappa shape index (κ1) is 11.3. The molecule has 0 bridgehead atoms. The molecule has 3 fully saturated rings. The van der Waals surface area contributed by atoms with Gasteiger partial charge in [0, 0.05) is 24.0 Å². The summed E-state index contributed by atoms with van der Waals surface area (Å²) in [4.78, 5) is 16.2. The van der Waals surface area contributed by atoms with Crippen LogP contribution in [-0.2, 0) is 9.57 Å². The zero-order chi connectivity index (χ0) is 11.9. The van der Waals surface area contributed by atoms with E-state index in [2.05, 4.69) is 15.6 Å². The van der Waals surface area contributed by atoms with E-state index in [-0.39, 0.29) is 17.5 Å². The maximum atomic E-state index is 11.6. The van der Waals surface area contributed by atoms with E-state index in [1.54, 1.807) is 0 Å². The van der Waals surface area contributed by atoms with Crippen LogP contribution in [0.1, 0.15) is 32.1 Å². The lowest BCUT2D eigenvalue weighted by Crippen LogP contribution is -2.69. The van der Waals surface area contributed by atoms with Gasteiger partial charge in [-0.3, -0.25) is 4.84 Å². The number of urea groups is 1. The van der Waals surface area contributed by atoms with Crippen LogP contribution >= 0.6 is 0 Å². The number of hydrogen-bond acceptors (Lipinski definition) is 3. The lowest BCUT2D eigenvalue weighted by molar-refractivity contribution is -0.127. The highest BCUT2D eigenvalue weighted by atomic mass is 16.6. The smallest absolute Gasteiger partial charge is 0.338 e. The Morgan fingerprint density at radius 3 is 2.88 bits per heavy atom. The average Bonchev–Trinajstić information content (AvgIpc) is 2.94. The molecule has 3 atom stereocenters. The Morgan fingerprint density at radius 1 is 1.41 bits per heavy atom. The summed E-state index contributed by atoms with van der Waals surface area (Å²) in [6, 6.07) is 0.0433. The first-order valence-corrected chi connectivity index (χ1v) is 6.49. The molecule has 1 heterocycles. The number of amides is 2. The second-order valence-electron chi connectivity index (χ2n) is 5.44. The number of hydrogen-bond donors (Lipinski definition) is 2. The van der Waals surface area contributed by atoms with Crippen molar-refractivity contribution in [1.82, 2.24) is 10.8 Å². The van der Waals surface area contributed by atoms with E-state index in [0.717, 1.165) is 13.0 Å². The Balaban J connectivity index is 1.71. The van der Waals surface area contributed by atoms with Crippen molar-refractivity contribution in [1.29, 1.82) is 0 Å². The Hall–Kier alpha value is -0.810. The lowest BCUT2D eigenvalue weighted by atomic mass is 9.54. The summed E-state index contributed by atoms with van der Waals surface area (Å²) >= 11 is 0. The van der Waals surface area contributed by atoms with Gasteiger partial charge in [-0.2, -0.15) is 0 Å². The quantitative estimate of drug-likeness (QED) is 0.713. The lowest BCUT2D eigenvalue weighted by Gasteiger charge is -2.56. The summed E-state index contributed by atoms with van der Waals surface area (Å²) in [5, 5.41) is 3.07. The predicted molar refractivity (Wildman–Crippen MR) is 61.2 cm³/mol. The minimum Gasteiger partial charge on any atom is -0.377 e. The zero-order valence-corrected chi connectivity index (χ0v) is 10.2. The number of fused-ring (bicyclic) bond motifs is 2. The van der Waals surface area contributed by atoms with Crippen molar-refractivity contribution in [2.24, 2.45) is 11.3 Å². The van der Waals surface area contributed by atoms with E-state index in [1.807, 2.05) is 0 Å². The van der Waals surface area contributed by atoms with E-state index in [9.17, 15) is 4.79 Å². The Labute approximate surface area is 101 Å². The number of hydroxylamine groups is 1. The molecule has 1 saturated heterocycles. The summed E-state index contributed by atoms with van der Waals surface area (Å²) in [5.74, 6) is 0.510. The van der Waals surface area contributed by atoms with Crippen LogP contribution < -0.4 is 10.8 Å². The molecule has 2 amide bonds. The topological polar surface area (TPSA) is 59.6 Å². The minimum atomic E-state index is -0.228. The molecule has 2 saturated carbocycles. The average molecular weight is 240 g/mol. The molecule has 0 radical (unpaired) electrons. The van der Waals surface area contributed by atoms with Gasteiger partial charge in [0.1, 0.15) is 0 Å². The second-order valence-corrected chi connectivity index (χ2v) is 5.44. The molecular formula is C12H20N2O3. The molecule has 3 aliphatic rings. The van der Waals surface area contributed by atoms with Crippen molar-refractivity contribution in [2.75, 3.05) is 13.7 Å². The third kappa shape index (κ3) is 1.56. The number of carbonyl (C=O) groups excluding carboxylic acids is 1. The van der Waals surface area contributed by atoms with E-state index < -0.39 is 0 Å². The van der Waals surface area contributed by atoms with Gasteiger partial charge in [0.05, 0.1) is 13.2 Å². The molecule has 5 heteroatoms. The van der Waals surface area contributed by atoms with Crippen LogP contribution in [0.2, 0.25) is 0 Å². The molecular weight excluding hydrogens is 220 g/mol. The van der Waals surface area contributed by atoms with Gasteiger partial charge >= 0.3 is 6.03 Å². The third-order valence-electron chi connectivity index (χ3n) is 4.77. The van der Waals surface area contributed by atoms with Crippen molar-refractivity contribution in [3.8, 4) is 0 Å². The van der Waals surface area contributed by atoms with Crippen LogP contribution in [0.3, 0.4) is 0 Å². The van der Waals surface area contributed by atoms with Gasteiger partial charge in [-0.15, -0.1) is 0 Å². The molecule has 2 N–H and O–H groups in total. The van der Waals surface area contributed by atoms with Crippen LogP contribution in [0.25, 0.3) is 0 Å². The second kappa shape index (κ2) is 4.14. The highest BCUT2D eigenvalue weighted by Gasteiger charge is 2.65. The highest BCUT2D eigenvalue weighted by molar-refractivity contribution is 5.73. The Kier molecular flexibility index (Phi) is 2.75. The summed E-state index contributed by atoms with van der Waals surface area (Å²) in [7, 11) is 1.45. The fourth-order valence-corrected chi connectivity index (χ4v) is 4.17. The molecule has 3 unspecified atom stereocenters. The van der Waals surface area contributed by atoms with Crippen LogP contribution in [0, 0.1) is 11.3 Å². The summed E-state index contributed by atoms with van der Waals surface area (Å²) < 4.78 is 5.86. The van der Waals surface area contributed by atoms with E-state index in [1.165, 1.54) is 32.8 Å². The largest absolute Gasteiger partial charge is 0.377 e. The number of ether oxygens (including phenoxy) is 1. The van der Waals surface area contributed by atoms with Gasteiger partial charge in [-0.25, -0.2) is 10.3 Å². The summed E-state index contributed by atoms with van der Waals surface area (Å²) in [6.07, 6.45) is 6.35. The van der Waals surface area contributed by atoms with Crippen LogP contribution in [-0.4, -0.2) is 31.9 Å². The predicted octanol–water partition coefficient (Wildman–Crippen LogP) is 1.19. The maximum Gasteiger partial charge on any atom is 0.338 e. The van der Waals surface area contributed by atoms with Gasteiger partial charge in [0.25, 0.3) is 0 Å². The molecule has 1 spiro atoms. The van der Waals surface area contributed by atoms with Crippen molar-refractivity contribution in [3.63, 3.8) is 0 Å². The minimum absolute atomic E-state index is 0.215. The first-order chi connectivity index (χ1) is 8.28. The van der Waals surface area contributed by atoms with E-state index >= 15 is 0 Å². The molecule has 2 aliphatic carbocycles. The first-order valence-electron chi connectivity index (χ1n) is 6.49. The maximum absolute atomic E-state index is 11.6. The van der Waals surface area contributed by atoms with Gasteiger partial charge in [-0.1, -0.05) is 12.8 Å². The molecule has 0 aromatic carbocycles. The molecule has 17 heavy (non-hydrogen) atoms. The molecule has 96 valence electrons. The van der Waals surface area contributed by atoms with Crippen molar-refractivity contribution in [3.05, 3.63) is 0 Å². The Bertz CT molecular complexity index is 315. The zero-order valence-electron chi connectivity index (χ0n) is 10.2. The van der Waals surface area contributed by atoms with Crippen LogP contribution in [0.15, 0.2) is 0 Å². The third-order valence-corrected chi connectivity index (χ3v) is 4.77. The highest BCUT2D eigenvalue weighted by Crippen LogP contribution is 2.60. The summed E-state index contributed by atoms with van der Waals surface area (Å²) in [5.41, 5.74) is 2.55. The molecule has 3 rings (SSSR count). The van der Waals surface area contributed by atoms with Gasteiger partial charge in [0.15, 0.2) is 0 Å². The summed E-state index contributed by atoms with van der Waals surface area (Å²) in [6.45, 7) is 0.848. The standard InChI is InChI=1S/C12H20N2O3/c1-16-14-11(15)13-9-8-4-7-17-10(8)12(9)5-2-3-6-12/h8-10H,2-7H2,1H3,(H2,13,14,15). The fraction of sp³-hybridized carbons (Fsp3) is 0.917. The molecule has 1 aliphatic heterocycles. The van der Waals surface area contributed by atoms with Crippen molar-refractivity contribution >= 4 is 6.03 Å². The number of carbonyl (C=O) groups is 1. The van der Waals surface area contributed by atoms with Crippen LogP contribution in [0.4, 0.5) is 4.79 Å².